The lowest BCUT2D eigenvalue weighted by atomic mass is 10.1. The fourth-order valence-electron chi connectivity index (χ4n) is 1.83. The second kappa shape index (κ2) is 7.00. The molecule has 21 heavy (non-hydrogen) atoms. The van der Waals surface area contributed by atoms with Crippen molar-refractivity contribution in [3.8, 4) is 0 Å². The highest BCUT2D eigenvalue weighted by atomic mass is 16.6. The molecule has 0 aliphatic heterocycles. The molecule has 1 amide bonds. The van der Waals surface area contributed by atoms with Crippen molar-refractivity contribution in [1.29, 1.82) is 0 Å². The zero-order chi connectivity index (χ0) is 15.2. The van der Waals surface area contributed by atoms with Gasteiger partial charge in [0.1, 0.15) is 0 Å². The normalized spacial score (nSPS) is 13.8. The molecular formula is C13H18N4O4. The monoisotopic (exact) mass is 294 g/mol. The van der Waals surface area contributed by atoms with Crippen LogP contribution in [0.1, 0.15) is 23.2 Å². The molecule has 0 bridgehead atoms. The average molecular weight is 294 g/mol. The molecule has 4 N–H and O–H groups in total. The Morgan fingerprint density at radius 3 is 2.86 bits per heavy atom. The van der Waals surface area contributed by atoms with E-state index in [9.17, 15) is 14.9 Å². The lowest BCUT2D eigenvalue weighted by Crippen LogP contribution is -2.28. The van der Waals surface area contributed by atoms with E-state index in [1.54, 1.807) is 0 Å². The standard InChI is InChI=1S/C13H18N4O4/c14-16-12-4-3-10(17(19)20)7-11(12)13(18)15-5-6-21-8-9-1-2-9/h3-4,7,9,16H,1-2,5-6,8,14H2,(H,15,18). The Hall–Kier alpha value is -2.19. The molecule has 0 spiro atoms. The third-order valence-corrected chi connectivity index (χ3v) is 3.20. The van der Waals surface area contributed by atoms with Crippen LogP contribution in [0.15, 0.2) is 18.2 Å². The summed E-state index contributed by atoms with van der Waals surface area (Å²) in [5.41, 5.74) is 2.65. The van der Waals surface area contributed by atoms with E-state index in [0.717, 1.165) is 6.61 Å². The molecule has 1 aromatic rings. The van der Waals surface area contributed by atoms with Crippen LogP contribution < -0.4 is 16.6 Å². The van der Waals surface area contributed by atoms with E-state index < -0.39 is 10.8 Å². The van der Waals surface area contributed by atoms with Gasteiger partial charge in [0.05, 0.1) is 22.8 Å². The van der Waals surface area contributed by atoms with Gasteiger partial charge >= 0.3 is 0 Å². The van der Waals surface area contributed by atoms with Gasteiger partial charge in [-0.2, -0.15) is 0 Å². The molecule has 0 aromatic heterocycles. The predicted octanol–water partition coefficient (Wildman–Crippen LogP) is 1.04. The summed E-state index contributed by atoms with van der Waals surface area (Å²) < 4.78 is 5.40. The van der Waals surface area contributed by atoms with Crippen LogP contribution in [-0.2, 0) is 4.74 Å². The molecule has 0 heterocycles. The Morgan fingerprint density at radius 2 is 2.24 bits per heavy atom. The Balaban J connectivity index is 1.89. The number of anilines is 1. The van der Waals surface area contributed by atoms with E-state index in [1.807, 2.05) is 0 Å². The van der Waals surface area contributed by atoms with E-state index in [4.69, 9.17) is 10.6 Å². The third-order valence-electron chi connectivity index (χ3n) is 3.20. The molecule has 1 aliphatic carbocycles. The number of hydrogen-bond acceptors (Lipinski definition) is 6. The molecule has 0 saturated heterocycles. The van der Waals surface area contributed by atoms with Gasteiger partial charge < -0.3 is 15.5 Å². The van der Waals surface area contributed by atoms with Crippen molar-refractivity contribution < 1.29 is 14.5 Å². The first-order valence-electron chi connectivity index (χ1n) is 6.73. The van der Waals surface area contributed by atoms with Crippen molar-refractivity contribution in [2.75, 3.05) is 25.2 Å². The van der Waals surface area contributed by atoms with Crippen LogP contribution in [0.3, 0.4) is 0 Å². The van der Waals surface area contributed by atoms with Gasteiger partial charge in [0.25, 0.3) is 11.6 Å². The molecule has 0 atom stereocenters. The minimum atomic E-state index is -0.560. The van der Waals surface area contributed by atoms with Crippen LogP contribution in [0.4, 0.5) is 11.4 Å². The maximum atomic E-state index is 12.0. The summed E-state index contributed by atoms with van der Waals surface area (Å²) in [6, 6.07) is 3.87. The number of nitrogens with one attached hydrogen (secondary N) is 2. The van der Waals surface area contributed by atoms with Gasteiger partial charge in [-0.25, -0.2) is 0 Å². The largest absolute Gasteiger partial charge is 0.379 e. The van der Waals surface area contributed by atoms with Crippen LogP contribution >= 0.6 is 0 Å². The molecule has 114 valence electrons. The topological polar surface area (TPSA) is 120 Å². The molecule has 8 heteroatoms. The first-order valence-corrected chi connectivity index (χ1v) is 6.73. The number of ether oxygens (including phenoxy) is 1. The molecule has 0 radical (unpaired) electrons. The van der Waals surface area contributed by atoms with Gasteiger partial charge in [0.15, 0.2) is 0 Å². The Morgan fingerprint density at radius 1 is 1.48 bits per heavy atom. The van der Waals surface area contributed by atoms with E-state index in [0.29, 0.717) is 24.8 Å². The maximum absolute atomic E-state index is 12.0. The number of rotatable bonds is 8. The summed E-state index contributed by atoms with van der Waals surface area (Å²) in [7, 11) is 0. The van der Waals surface area contributed by atoms with Crippen molar-refractivity contribution >= 4 is 17.3 Å². The molecular weight excluding hydrogens is 276 g/mol. The summed E-state index contributed by atoms with van der Waals surface area (Å²) in [5.74, 6) is 5.55. The van der Waals surface area contributed by atoms with Gasteiger partial charge in [0, 0.05) is 25.3 Å². The highest BCUT2D eigenvalue weighted by Crippen LogP contribution is 2.28. The number of nitrogens with two attached hydrogens (primary N) is 1. The minimum Gasteiger partial charge on any atom is -0.379 e. The zero-order valence-corrected chi connectivity index (χ0v) is 11.5. The number of non-ortho nitro benzene ring substituents is 1. The van der Waals surface area contributed by atoms with E-state index in [2.05, 4.69) is 10.7 Å². The van der Waals surface area contributed by atoms with E-state index in [1.165, 1.54) is 31.0 Å². The Bertz CT molecular complexity index is 531. The second-order valence-electron chi connectivity index (χ2n) is 4.91. The number of nitro groups is 1. The van der Waals surface area contributed by atoms with Gasteiger partial charge in [-0.15, -0.1) is 0 Å². The van der Waals surface area contributed by atoms with Crippen molar-refractivity contribution in [3.63, 3.8) is 0 Å². The highest BCUT2D eigenvalue weighted by molar-refractivity contribution is 6.00. The number of nitrogens with zero attached hydrogens (tertiary/aromatic N) is 1. The fraction of sp³-hybridized carbons (Fsp3) is 0.462. The quantitative estimate of drug-likeness (QED) is 0.285. The van der Waals surface area contributed by atoms with Crippen molar-refractivity contribution in [2.45, 2.75) is 12.8 Å². The fourth-order valence-corrected chi connectivity index (χ4v) is 1.83. The molecule has 0 unspecified atom stereocenters. The lowest BCUT2D eigenvalue weighted by molar-refractivity contribution is -0.384. The van der Waals surface area contributed by atoms with Gasteiger partial charge in [-0.05, 0) is 24.8 Å². The zero-order valence-electron chi connectivity index (χ0n) is 11.5. The number of amides is 1. The Labute approximate surface area is 121 Å². The second-order valence-corrected chi connectivity index (χ2v) is 4.91. The molecule has 2 rings (SSSR count). The predicted molar refractivity (Wildman–Crippen MR) is 76.8 cm³/mol. The van der Waals surface area contributed by atoms with Crippen LogP contribution in [0.25, 0.3) is 0 Å². The van der Waals surface area contributed by atoms with Gasteiger partial charge in [0.2, 0.25) is 0 Å². The van der Waals surface area contributed by atoms with Crippen LogP contribution in [0, 0.1) is 16.0 Å². The number of nitrogen functional groups attached to an aromatic ring is 1. The summed E-state index contributed by atoms with van der Waals surface area (Å²) in [6.07, 6.45) is 2.43. The van der Waals surface area contributed by atoms with Gasteiger partial charge in [-0.3, -0.25) is 20.8 Å². The Kier molecular flexibility index (Phi) is 5.07. The van der Waals surface area contributed by atoms with Crippen LogP contribution in [0.5, 0.6) is 0 Å². The smallest absolute Gasteiger partial charge is 0.270 e. The molecule has 8 nitrogen and oxygen atoms in total. The first kappa shape index (κ1) is 15.2. The SMILES string of the molecule is NNc1ccc([N+](=O)[O-])cc1C(=O)NCCOCC1CC1. The van der Waals surface area contributed by atoms with Gasteiger partial charge in [-0.1, -0.05) is 0 Å². The third kappa shape index (κ3) is 4.40. The number of nitro benzene ring substituents is 1. The number of carbonyl (C=O) groups is 1. The molecule has 1 saturated carbocycles. The maximum Gasteiger partial charge on any atom is 0.270 e. The minimum absolute atomic E-state index is 0.133. The number of carbonyl (C=O) groups excluding carboxylic acids is 1. The van der Waals surface area contributed by atoms with Crippen LogP contribution in [-0.4, -0.2) is 30.6 Å². The summed E-state index contributed by atoms with van der Waals surface area (Å²) in [4.78, 5) is 22.2. The van der Waals surface area contributed by atoms with E-state index >= 15 is 0 Å². The number of benzene rings is 1. The lowest BCUT2D eigenvalue weighted by Gasteiger charge is -2.10. The van der Waals surface area contributed by atoms with Crippen molar-refractivity contribution in [3.05, 3.63) is 33.9 Å². The molecule has 1 fully saturated rings. The number of hydrazine groups is 1. The summed E-state index contributed by atoms with van der Waals surface area (Å²) in [5, 5.41) is 13.4. The summed E-state index contributed by atoms with van der Waals surface area (Å²) >= 11 is 0. The molecule has 1 aliphatic rings. The highest BCUT2D eigenvalue weighted by Gasteiger charge is 2.21. The summed E-state index contributed by atoms with van der Waals surface area (Å²) in [6.45, 7) is 1.49. The molecule has 1 aromatic carbocycles. The van der Waals surface area contributed by atoms with Crippen LogP contribution in [0.2, 0.25) is 0 Å². The number of hydrogen-bond donors (Lipinski definition) is 3. The average Bonchev–Trinajstić information content (AvgIpc) is 3.30. The first-order chi connectivity index (χ1) is 10.1. The van der Waals surface area contributed by atoms with E-state index in [-0.39, 0.29) is 11.3 Å². The van der Waals surface area contributed by atoms with Crippen molar-refractivity contribution in [2.24, 2.45) is 11.8 Å². The van der Waals surface area contributed by atoms with Crippen molar-refractivity contribution in [1.82, 2.24) is 5.32 Å².